The van der Waals surface area contributed by atoms with Gasteiger partial charge < -0.3 is 25.8 Å². The highest BCUT2D eigenvalue weighted by Gasteiger charge is 2.29. The molecule has 1 aliphatic rings. The van der Waals surface area contributed by atoms with Gasteiger partial charge in [0.1, 0.15) is 17.7 Å². The Hall–Kier alpha value is -3.30. The number of aliphatic hydroxyl groups excluding tert-OH is 1. The van der Waals surface area contributed by atoms with E-state index in [1.54, 1.807) is 36.4 Å². The fourth-order valence-corrected chi connectivity index (χ4v) is 2.96. The molecule has 0 fully saturated rings. The number of halogens is 2. The van der Waals surface area contributed by atoms with Crippen LogP contribution in [-0.2, 0) is 9.53 Å². The maximum absolute atomic E-state index is 13.7. The number of hydrogen-bond donors (Lipinski definition) is 4. The second kappa shape index (κ2) is 9.95. The fraction of sp³-hybridized carbons (Fsp3) is 0.238. The van der Waals surface area contributed by atoms with Crippen molar-refractivity contribution in [2.24, 2.45) is 0 Å². The fourth-order valence-electron chi connectivity index (χ4n) is 2.96. The molecule has 0 spiro atoms. The van der Waals surface area contributed by atoms with E-state index in [9.17, 15) is 23.5 Å². The van der Waals surface area contributed by atoms with E-state index >= 15 is 0 Å². The Morgan fingerprint density at radius 1 is 1.03 bits per heavy atom. The topological polar surface area (TPSA) is 99.7 Å². The largest absolute Gasteiger partial charge is 0.394 e. The van der Waals surface area contributed by atoms with Crippen molar-refractivity contribution in [3.63, 3.8) is 0 Å². The number of carbonyl (C=O) groups excluding carboxylic acids is 2. The Kier molecular flexibility index (Phi) is 7.10. The van der Waals surface area contributed by atoms with Gasteiger partial charge in [0.2, 0.25) is 5.91 Å². The molecular formula is C21H21F2N3O4. The number of rotatable bonds is 6. The Balaban J connectivity index is 1.56. The second-order valence-corrected chi connectivity index (χ2v) is 6.65. The molecule has 158 valence electrons. The lowest BCUT2D eigenvalue weighted by Gasteiger charge is -2.31. The third-order valence-electron chi connectivity index (χ3n) is 4.38. The summed E-state index contributed by atoms with van der Waals surface area (Å²) in [5.74, 6) is -1.75. The zero-order valence-corrected chi connectivity index (χ0v) is 15.8. The number of carbonyl (C=O) groups is 2. The summed E-state index contributed by atoms with van der Waals surface area (Å²) in [6.07, 6.45) is 1.81. The summed E-state index contributed by atoms with van der Waals surface area (Å²) in [6, 6.07) is 10.1. The van der Waals surface area contributed by atoms with E-state index < -0.39 is 42.5 Å². The first-order chi connectivity index (χ1) is 14.4. The van der Waals surface area contributed by atoms with Crippen LogP contribution >= 0.6 is 0 Å². The van der Waals surface area contributed by atoms with Crippen LogP contribution in [0.25, 0.3) is 0 Å². The first-order valence-corrected chi connectivity index (χ1v) is 9.26. The number of ether oxygens (including phenoxy) is 1. The van der Waals surface area contributed by atoms with Gasteiger partial charge in [0.15, 0.2) is 0 Å². The highest BCUT2D eigenvalue weighted by atomic mass is 19.1. The molecule has 0 unspecified atom stereocenters. The molecule has 30 heavy (non-hydrogen) atoms. The molecular weight excluding hydrogens is 396 g/mol. The predicted octanol–water partition coefficient (Wildman–Crippen LogP) is 2.80. The molecule has 7 nitrogen and oxygen atoms in total. The minimum absolute atomic E-state index is 0.0231. The van der Waals surface area contributed by atoms with Crippen LogP contribution in [0.2, 0.25) is 0 Å². The quantitative estimate of drug-likeness (QED) is 0.543. The molecule has 2 aromatic carbocycles. The highest BCUT2D eigenvalue weighted by molar-refractivity contribution is 5.91. The number of hydrogen-bond acceptors (Lipinski definition) is 4. The monoisotopic (exact) mass is 417 g/mol. The van der Waals surface area contributed by atoms with Gasteiger partial charge in [-0.25, -0.2) is 13.6 Å². The van der Waals surface area contributed by atoms with Crippen LogP contribution in [0.5, 0.6) is 0 Å². The zero-order valence-electron chi connectivity index (χ0n) is 15.8. The first kappa shape index (κ1) is 21.4. The molecule has 1 heterocycles. The van der Waals surface area contributed by atoms with Crippen LogP contribution in [0.4, 0.5) is 25.0 Å². The smallest absolute Gasteiger partial charge is 0.319 e. The van der Waals surface area contributed by atoms with Crippen molar-refractivity contribution in [2.75, 3.05) is 17.2 Å². The van der Waals surface area contributed by atoms with Gasteiger partial charge in [0.25, 0.3) is 0 Å². The van der Waals surface area contributed by atoms with Crippen molar-refractivity contribution in [1.82, 2.24) is 5.32 Å². The molecule has 0 radical (unpaired) electrons. The molecule has 1 aliphatic heterocycles. The van der Waals surface area contributed by atoms with Crippen LogP contribution in [-0.4, -0.2) is 41.9 Å². The van der Waals surface area contributed by atoms with Crippen LogP contribution < -0.4 is 16.0 Å². The number of aliphatic hydroxyl groups is 1. The average Bonchev–Trinajstić information content (AvgIpc) is 2.72. The van der Waals surface area contributed by atoms with E-state index in [4.69, 9.17) is 4.74 Å². The van der Waals surface area contributed by atoms with E-state index in [1.807, 2.05) is 6.07 Å². The minimum Gasteiger partial charge on any atom is -0.394 e. The third-order valence-corrected chi connectivity index (χ3v) is 4.38. The molecule has 0 saturated heterocycles. The molecule has 2 aromatic rings. The number of amides is 3. The lowest BCUT2D eigenvalue weighted by molar-refractivity contribution is -0.120. The van der Waals surface area contributed by atoms with Crippen molar-refractivity contribution >= 4 is 23.3 Å². The Bertz CT molecular complexity index is 924. The Morgan fingerprint density at radius 2 is 1.80 bits per heavy atom. The average molecular weight is 417 g/mol. The number of nitrogens with one attached hydrogen (secondary N) is 3. The molecule has 9 heteroatoms. The predicted molar refractivity (Wildman–Crippen MR) is 107 cm³/mol. The van der Waals surface area contributed by atoms with Crippen LogP contribution in [0.1, 0.15) is 6.42 Å². The van der Waals surface area contributed by atoms with Gasteiger partial charge in [0.05, 0.1) is 30.9 Å². The summed E-state index contributed by atoms with van der Waals surface area (Å²) in [5, 5.41) is 17.1. The molecule has 0 saturated carbocycles. The Labute approximate surface area is 171 Å². The van der Waals surface area contributed by atoms with Crippen LogP contribution in [0.3, 0.4) is 0 Å². The standard InChI is InChI=1S/C21H21F2N3O4/c22-13-6-8-16(23)18(10-13)26-21(29)25-17-9-7-15(30-19(17)12-27)11-20(28)24-14-4-2-1-3-5-14/h1-10,15,17,19,27H,11-12H2,(H,24,28)(H2,25,26,29)/t15-,17-,19+/m0/s1. The van der Waals surface area contributed by atoms with E-state index in [0.29, 0.717) is 5.69 Å². The van der Waals surface area contributed by atoms with E-state index in [-0.39, 0.29) is 18.0 Å². The van der Waals surface area contributed by atoms with Gasteiger partial charge in [-0.2, -0.15) is 0 Å². The lowest BCUT2D eigenvalue weighted by atomic mass is 10.0. The van der Waals surface area contributed by atoms with Gasteiger partial charge in [-0.1, -0.05) is 30.4 Å². The third kappa shape index (κ3) is 5.85. The van der Waals surface area contributed by atoms with E-state index in [2.05, 4.69) is 16.0 Å². The molecule has 0 aromatic heterocycles. The van der Waals surface area contributed by atoms with Gasteiger partial charge in [-0.15, -0.1) is 0 Å². The van der Waals surface area contributed by atoms with Crippen molar-refractivity contribution < 1.29 is 28.2 Å². The van der Waals surface area contributed by atoms with E-state index in [1.165, 1.54) is 0 Å². The van der Waals surface area contributed by atoms with Gasteiger partial charge >= 0.3 is 6.03 Å². The van der Waals surface area contributed by atoms with Crippen LogP contribution in [0, 0.1) is 11.6 Å². The van der Waals surface area contributed by atoms with Crippen molar-refractivity contribution in [3.8, 4) is 0 Å². The van der Waals surface area contributed by atoms with Gasteiger partial charge in [-0.05, 0) is 24.3 Å². The molecule has 3 rings (SSSR count). The van der Waals surface area contributed by atoms with Crippen molar-refractivity contribution in [3.05, 3.63) is 72.3 Å². The maximum Gasteiger partial charge on any atom is 0.319 e. The van der Waals surface area contributed by atoms with Gasteiger partial charge in [0, 0.05) is 11.8 Å². The molecule has 4 N–H and O–H groups in total. The zero-order chi connectivity index (χ0) is 21.5. The SMILES string of the molecule is O=C(C[C@@H]1C=C[C@H](NC(=O)Nc2cc(F)ccc2F)[C@@H](CO)O1)Nc1ccccc1. The number of urea groups is 1. The summed E-state index contributed by atoms with van der Waals surface area (Å²) in [5.41, 5.74) is 0.339. The van der Waals surface area contributed by atoms with E-state index in [0.717, 1.165) is 18.2 Å². The lowest BCUT2D eigenvalue weighted by Crippen LogP contribution is -2.50. The summed E-state index contributed by atoms with van der Waals surface area (Å²) in [6.45, 7) is -0.416. The minimum atomic E-state index is -0.812. The summed E-state index contributed by atoms with van der Waals surface area (Å²) < 4.78 is 32.6. The summed E-state index contributed by atoms with van der Waals surface area (Å²) >= 11 is 0. The molecule has 0 aliphatic carbocycles. The van der Waals surface area contributed by atoms with Crippen LogP contribution in [0.15, 0.2) is 60.7 Å². The number of para-hydroxylation sites is 1. The summed E-state index contributed by atoms with van der Waals surface area (Å²) in [4.78, 5) is 24.3. The highest BCUT2D eigenvalue weighted by Crippen LogP contribution is 2.18. The molecule has 3 amide bonds. The van der Waals surface area contributed by atoms with Crippen molar-refractivity contribution in [2.45, 2.75) is 24.7 Å². The molecule has 0 bridgehead atoms. The normalized spacial score (nSPS) is 20.4. The number of anilines is 2. The van der Waals surface area contributed by atoms with Gasteiger partial charge in [-0.3, -0.25) is 4.79 Å². The maximum atomic E-state index is 13.7. The number of benzene rings is 2. The first-order valence-electron chi connectivity index (χ1n) is 9.26. The second-order valence-electron chi connectivity index (χ2n) is 6.65. The Morgan fingerprint density at radius 3 is 2.53 bits per heavy atom. The summed E-state index contributed by atoms with van der Waals surface area (Å²) in [7, 11) is 0. The molecule has 3 atom stereocenters. The van der Waals surface area contributed by atoms with Crippen molar-refractivity contribution in [1.29, 1.82) is 0 Å².